The Morgan fingerprint density at radius 1 is 1.33 bits per heavy atom. The summed E-state index contributed by atoms with van der Waals surface area (Å²) < 4.78 is 15.1. The summed E-state index contributed by atoms with van der Waals surface area (Å²) in [5, 5.41) is 15.5. The Balaban J connectivity index is 2.21. The van der Waals surface area contributed by atoms with E-state index < -0.39 is 11.8 Å². The van der Waals surface area contributed by atoms with Gasteiger partial charge in [0.2, 0.25) is 0 Å². The Kier molecular flexibility index (Phi) is 3.31. The molecule has 0 radical (unpaired) electrons. The van der Waals surface area contributed by atoms with E-state index in [0.717, 1.165) is 10.4 Å². The van der Waals surface area contributed by atoms with E-state index in [4.69, 9.17) is 0 Å². The van der Waals surface area contributed by atoms with Gasteiger partial charge in [-0.2, -0.15) is 5.10 Å². The predicted molar refractivity (Wildman–Crippen MR) is 78.5 cm³/mol. The van der Waals surface area contributed by atoms with Crippen LogP contribution in [0.5, 0.6) is 0 Å². The van der Waals surface area contributed by atoms with Crippen molar-refractivity contribution in [3.05, 3.63) is 58.9 Å². The van der Waals surface area contributed by atoms with Crippen molar-refractivity contribution in [3.8, 4) is 16.3 Å². The monoisotopic (exact) mass is 302 g/mol. The second-order valence-corrected chi connectivity index (χ2v) is 5.44. The Hall–Kier alpha value is -2.47. The number of benzene rings is 1. The Morgan fingerprint density at radius 3 is 2.71 bits per heavy atom. The molecule has 0 amide bonds. The van der Waals surface area contributed by atoms with Gasteiger partial charge in [-0.15, -0.1) is 11.3 Å². The number of halogens is 1. The summed E-state index contributed by atoms with van der Waals surface area (Å²) >= 11 is 1.41. The SMILES string of the molecule is Cc1ccsc1-c1nn(-c2ccccc2F)cc1C(=O)O. The van der Waals surface area contributed by atoms with Gasteiger partial charge in [-0.1, -0.05) is 12.1 Å². The molecule has 106 valence electrons. The van der Waals surface area contributed by atoms with Crippen molar-refractivity contribution in [3.63, 3.8) is 0 Å². The molecule has 2 aromatic heterocycles. The molecule has 21 heavy (non-hydrogen) atoms. The van der Waals surface area contributed by atoms with Gasteiger partial charge in [0.15, 0.2) is 0 Å². The van der Waals surface area contributed by atoms with Gasteiger partial charge >= 0.3 is 5.97 Å². The lowest BCUT2D eigenvalue weighted by Crippen LogP contribution is -1.98. The summed E-state index contributed by atoms with van der Waals surface area (Å²) in [6, 6.07) is 8.02. The molecule has 0 aliphatic carbocycles. The van der Waals surface area contributed by atoms with Crippen LogP contribution in [0, 0.1) is 12.7 Å². The zero-order valence-electron chi connectivity index (χ0n) is 11.1. The summed E-state index contributed by atoms with van der Waals surface area (Å²) in [5.74, 6) is -1.54. The third-order valence-corrected chi connectivity index (χ3v) is 4.14. The van der Waals surface area contributed by atoms with E-state index in [0.29, 0.717) is 5.69 Å². The summed E-state index contributed by atoms with van der Waals surface area (Å²) in [6.45, 7) is 1.89. The highest BCUT2D eigenvalue weighted by atomic mass is 32.1. The summed E-state index contributed by atoms with van der Waals surface area (Å²) in [6.07, 6.45) is 1.34. The Labute approximate surface area is 124 Å². The van der Waals surface area contributed by atoms with E-state index in [1.807, 2.05) is 18.4 Å². The van der Waals surface area contributed by atoms with E-state index in [-0.39, 0.29) is 11.3 Å². The van der Waals surface area contributed by atoms with Crippen molar-refractivity contribution in [1.82, 2.24) is 9.78 Å². The van der Waals surface area contributed by atoms with Crippen LogP contribution in [0.3, 0.4) is 0 Å². The first kappa shape index (κ1) is 13.5. The van der Waals surface area contributed by atoms with Crippen LogP contribution in [-0.2, 0) is 0 Å². The number of carboxylic acids is 1. The molecule has 3 rings (SSSR count). The van der Waals surface area contributed by atoms with Crippen LogP contribution in [0.1, 0.15) is 15.9 Å². The fourth-order valence-corrected chi connectivity index (χ4v) is 3.00. The van der Waals surface area contributed by atoms with Gasteiger partial charge in [0, 0.05) is 6.20 Å². The van der Waals surface area contributed by atoms with Crippen molar-refractivity contribution in [2.24, 2.45) is 0 Å². The first-order valence-corrected chi connectivity index (χ1v) is 7.08. The van der Waals surface area contributed by atoms with Crippen LogP contribution >= 0.6 is 11.3 Å². The molecule has 0 atom stereocenters. The number of aromatic carboxylic acids is 1. The summed E-state index contributed by atoms with van der Waals surface area (Å²) in [5.41, 5.74) is 1.59. The minimum absolute atomic E-state index is 0.0591. The molecular formula is C15H11FN2O2S. The highest BCUT2D eigenvalue weighted by Gasteiger charge is 2.20. The number of carboxylic acid groups (broad SMARTS) is 1. The van der Waals surface area contributed by atoms with Crippen LogP contribution in [0.4, 0.5) is 4.39 Å². The van der Waals surface area contributed by atoms with Gasteiger partial charge in [0.1, 0.15) is 22.8 Å². The van der Waals surface area contributed by atoms with Gasteiger partial charge in [-0.3, -0.25) is 0 Å². The number of aryl methyl sites for hydroxylation is 1. The van der Waals surface area contributed by atoms with Crippen LogP contribution in [0.15, 0.2) is 41.9 Å². The molecule has 0 saturated carbocycles. The third kappa shape index (κ3) is 2.34. The van der Waals surface area contributed by atoms with Gasteiger partial charge in [-0.05, 0) is 36.1 Å². The quantitative estimate of drug-likeness (QED) is 0.801. The topological polar surface area (TPSA) is 55.1 Å². The molecule has 0 aliphatic rings. The second kappa shape index (κ2) is 5.14. The van der Waals surface area contributed by atoms with Crippen molar-refractivity contribution < 1.29 is 14.3 Å². The molecule has 6 heteroatoms. The van der Waals surface area contributed by atoms with E-state index in [2.05, 4.69) is 5.10 Å². The van der Waals surface area contributed by atoms with Gasteiger partial charge in [0.25, 0.3) is 0 Å². The zero-order valence-corrected chi connectivity index (χ0v) is 11.9. The third-order valence-electron chi connectivity index (χ3n) is 3.12. The second-order valence-electron chi connectivity index (χ2n) is 4.53. The van der Waals surface area contributed by atoms with Gasteiger partial charge < -0.3 is 5.11 Å². The molecule has 4 nitrogen and oxygen atoms in total. The molecule has 1 N–H and O–H groups in total. The highest BCUT2D eigenvalue weighted by molar-refractivity contribution is 7.13. The Morgan fingerprint density at radius 2 is 2.10 bits per heavy atom. The van der Waals surface area contributed by atoms with Crippen LogP contribution < -0.4 is 0 Å². The van der Waals surface area contributed by atoms with E-state index in [1.54, 1.807) is 18.2 Å². The lowest BCUT2D eigenvalue weighted by Gasteiger charge is -2.01. The maximum atomic E-state index is 13.8. The smallest absolute Gasteiger partial charge is 0.339 e. The first-order valence-electron chi connectivity index (χ1n) is 6.20. The standard InChI is InChI=1S/C15H11FN2O2S/c1-9-6-7-21-14(9)13-10(15(19)20)8-18(17-13)12-5-3-2-4-11(12)16/h2-8H,1H3,(H,19,20). The lowest BCUT2D eigenvalue weighted by molar-refractivity contribution is 0.0697. The number of hydrogen-bond acceptors (Lipinski definition) is 3. The molecule has 0 aliphatic heterocycles. The largest absolute Gasteiger partial charge is 0.478 e. The van der Waals surface area contributed by atoms with E-state index in [9.17, 15) is 14.3 Å². The molecule has 0 spiro atoms. The zero-order chi connectivity index (χ0) is 15.0. The van der Waals surface area contributed by atoms with Crippen molar-refractivity contribution in [2.45, 2.75) is 6.92 Å². The minimum atomic E-state index is -1.08. The average molecular weight is 302 g/mol. The fourth-order valence-electron chi connectivity index (χ4n) is 2.07. The van der Waals surface area contributed by atoms with Crippen LogP contribution in [0.25, 0.3) is 16.3 Å². The maximum absolute atomic E-state index is 13.8. The van der Waals surface area contributed by atoms with Gasteiger partial charge in [-0.25, -0.2) is 13.9 Å². The number of rotatable bonds is 3. The van der Waals surface area contributed by atoms with Crippen LogP contribution in [0.2, 0.25) is 0 Å². The van der Waals surface area contributed by atoms with Crippen molar-refractivity contribution in [2.75, 3.05) is 0 Å². The molecule has 1 aromatic carbocycles. The number of aromatic nitrogens is 2. The fraction of sp³-hybridized carbons (Fsp3) is 0.0667. The maximum Gasteiger partial charge on any atom is 0.339 e. The van der Waals surface area contributed by atoms with E-state index in [1.165, 1.54) is 28.3 Å². The molecule has 2 heterocycles. The molecule has 0 unspecified atom stereocenters. The summed E-state index contributed by atoms with van der Waals surface area (Å²) in [7, 11) is 0. The average Bonchev–Trinajstić information content (AvgIpc) is 3.05. The molecule has 3 aromatic rings. The van der Waals surface area contributed by atoms with Crippen molar-refractivity contribution >= 4 is 17.3 Å². The van der Waals surface area contributed by atoms with E-state index >= 15 is 0 Å². The van der Waals surface area contributed by atoms with Crippen molar-refractivity contribution in [1.29, 1.82) is 0 Å². The predicted octanol–water partition coefficient (Wildman–Crippen LogP) is 3.75. The summed E-state index contributed by atoms with van der Waals surface area (Å²) in [4.78, 5) is 12.2. The molecule has 0 fully saturated rings. The Bertz CT molecular complexity index is 823. The lowest BCUT2D eigenvalue weighted by atomic mass is 10.1. The van der Waals surface area contributed by atoms with Crippen LogP contribution in [-0.4, -0.2) is 20.9 Å². The number of hydrogen-bond donors (Lipinski definition) is 1. The normalized spacial score (nSPS) is 10.8. The number of carbonyl (C=O) groups is 1. The highest BCUT2D eigenvalue weighted by Crippen LogP contribution is 2.31. The minimum Gasteiger partial charge on any atom is -0.478 e. The number of nitrogens with zero attached hydrogens (tertiary/aromatic N) is 2. The molecule has 0 saturated heterocycles. The molecule has 0 bridgehead atoms. The first-order chi connectivity index (χ1) is 10.1. The molecular weight excluding hydrogens is 291 g/mol. The number of para-hydroxylation sites is 1. The number of thiophene rings is 1. The van der Waals surface area contributed by atoms with Gasteiger partial charge in [0.05, 0.1) is 4.88 Å².